The molecule has 0 fully saturated rings. The monoisotopic (exact) mass is 445 g/mol. The Bertz CT molecular complexity index is 1180. The number of aromatic nitrogens is 2. The number of ether oxygens (including phenoxy) is 1. The predicted molar refractivity (Wildman–Crippen MR) is 126 cm³/mol. The highest BCUT2D eigenvalue weighted by Crippen LogP contribution is 2.34. The Hall–Kier alpha value is -3.74. The highest BCUT2D eigenvalue weighted by Gasteiger charge is 2.31. The van der Waals surface area contributed by atoms with Crippen LogP contribution in [-0.4, -0.2) is 46.2 Å². The van der Waals surface area contributed by atoms with Crippen LogP contribution >= 0.6 is 0 Å². The second kappa shape index (κ2) is 10.3. The molecule has 0 saturated carbocycles. The average molecular weight is 446 g/mol. The number of ketones is 1. The van der Waals surface area contributed by atoms with E-state index >= 15 is 0 Å². The molecule has 33 heavy (non-hydrogen) atoms. The fraction of sp³-hybridized carbons (Fsp3) is 0.308. The Balaban J connectivity index is 1.54. The normalized spacial score (nSPS) is 16.9. The zero-order valence-corrected chi connectivity index (χ0v) is 18.6. The van der Waals surface area contributed by atoms with Crippen molar-refractivity contribution in [1.29, 1.82) is 0 Å². The molecule has 4 rings (SSSR count). The highest BCUT2D eigenvalue weighted by atomic mass is 16.5. The number of aromatic amines is 1. The third kappa shape index (κ3) is 5.37. The number of nitrogens with one attached hydrogen (secondary N) is 1. The standard InChI is InChI=1S/C26H27N3O4/c1-33-25(32)12-11-21(27-14-13-24-28-19-9-5-6-10-20(19)29-24)26-22(30)15-18(16-23(26)31)17-7-3-2-4-8-17/h2-10,18,30H,11-16H2,1H3,(H,28,29). The van der Waals surface area contributed by atoms with Crippen molar-refractivity contribution in [2.24, 2.45) is 4.99 Å². The minimum absolute atomic E-state index is 0.0347. The summed E-state index contributed by atoms with van der Waals surface area (Å²) in [5.41, 5.74) is 3.56. The minimum atomic E-state index is -0.384. The van der Waals surface area contributed by atoms with E-state index in [1.807, 2.05) is 54.6 Å². The van der Waals surface area contributed by atoms with Crippen LogP contribution in [0.25, 0.3) is 11.0 Å². The number of imidazole rings is 1. The van der Waals surface area contributed by atoms with Gasteiger partial charge in [0, 0.05) is 37.9 Å². The van der Waals surface area contributed by atoms with E-state index in [9.17, 15) is 14.7 Å². The molecule has 1 aliphatic rings. The largest absolute Gasteiger partial charge is 0.511 e. The summed E-state index contributed by atoms with van der Waals surface area (Å²) in [4.78, 5) is 37.2. The van der Waals surface area contributed by atoms with Gasteiger partial charge in [-0.1, -0.05) is 42.5 Å². The molecule has 0 amide bonds. The zero-order chi connectivity index (χ0) is 23.2. The van der Waals surface area contributed by atoms with Crippen LogP contribution in [0.3, 0.4) is 0 Å². The van der Waals surface area contributed by atoms with E-state index in [0.29, 0.717) is 31.5 Å². The first-order valence-electron chi connectivity index (χ1n) is 11.1. The van der Waals surface area contributed by atoms with Crippen molar-refractivity contribution < 1.29 is 19.4 Å². The van der Waals surface area contributed by atoms with Crippen molar-refractivity contribution in [2.45, 2.75) is 38.0 Å². The first-order chi connectivity index (χ1) is 16.0. The Labute approximate surface area is 192 Å². The molecule has 2 N–H and O–H groups in total. The van der Waals surface area contributed by atoms with Gasteiger partial charge in [0.05, 0.1) is 30.1 Å². The number of allylic oxidation sites excluding steroid dienone is 2. The lowest BCUT2D eigenvalue weighted by Crippen LogP contribution is -2.24. The number of Topliss-reactive ketones (excluding diaryl/α,β-unsaturated/α-hetero) is 1. The first kappa shape index (κ1) is 22.5. The van der Waals surface area contributed by atoms with Gasteiger partial charge in [-0.3, -0.25) is 14.6 Å². The summed E-state index contributed by atoms with van der Waals surface area (Å²) in [5.74, 6) is 0.224. The van der Waals surface area contributed by atoms with Crippen LogP contribution in [0, 0.1) is 0 Å². The maximum absolute atomic E-state index is 13.1. The fourth-order valence-corrected chi connectivity index (χ4v) is 4.21. The van der Waals surface area contributed by atoms with Gasteiger partial charge in [-0.05, 0) is 23.6 Å². The van der Waals surface area contributed by atoms with Crippen molar-refractivity contribution in [1.82, 2.24) is 9.97 Å². The number of aliphatic hydroxyl groups is 1. The summed E-state index contributed by atoms with van der Waals surface area (Å²) in [6, 6.07) is 17.5. The van der Waals surface area contributed by atoms with E-state index < -0.39 is 0 Å². The number of aliphatic imine (C=N–C) groups is 1. The van der Waals surface area contributed by atoms with E-state index in [1.54, 1.807) is 0 Å². The van der Waals surface area contributed by atoms with Gasteiger partial charge in [0.1, 0.15) is 11.6 Å². The maximum atomic E-state index is 13.1. The summed E-state index contributed by atoms with van der Waals surface area (Å²) in [6.07, 6.45) is 1.53. The smallest absolute Gasteiger partial charge is 0.305 e. The summed E-state index contributed by atoms with van der Waals surface area (Å²) in [5, 5.41) is 10.8. The van der Waals surface area contributed by atoms with Crippen LogP contribution in [0.2, 0.25) is 0 Å². The van der Waals surface area contributed by atoms with Gasteiger partial charge >= 0.3 is 5.97 Å². The average Bonchev–Trinajstić information content (AvgIpc) is 3.24. The molecular formula is C26H27N3O4. The molecule has 0 radical (unpaired) electrons. The SMILES string of the molecule is COC(=O)CCC(=NCCc1nc2ccccc2[nH]1)C1=C(O)CC(c2ccccc2)CC1=O. The number of esters is 1. The van der Waals surface area contributed by atoms with Gasteiger partial charge in [-0.2, -0.15) is 0 Å². The van der Waals surface area contributed by atoms with Gasteiger partial charge < -0.3 is 14.8 Å². The minimum Gasteiger partial charge on any atom is -0.511 e. The van der Waals surface area contributed by atoms with Crippen molar-refractivity contribution in [2.75, 3.05) is 13.7 Å². The van der Waals surface area contributed by atoms with E-state index in [-0.39, 0.29) is 41.8 Å². The molecule has 1 atom stereocenters. The quantitative estimate of drug-likeness (QED) is 0.393. The lowest BCUT2D eigenvalue weighted by Gasteiger charge is -2.24. The van der Waals surface area contributed by atoms with Crippen molar-refractivity contribution in [3.63, 3.8) is 0 Å². The van der Waals surface area contributed by atoms with E-state index in [2.05, 4.69) is 15.0 Å². The number of hydrogen-bond donors (Lipinski definition) is 2. The first-order valence-corrected chi connectivity index (χ1v) is 11.1. The van der Waals surface area contributed by atoms with Gasteiger partial charge in [0.15, 0.2) is 5.78 Å². The van der Waals surface area contributed by atoms with Crippen LogP contribution < -0.4 is 0 Å². The number of methoxy groups -OCH3 is 1. The lowest BCUT2D eigenvalue weighted by molar-refractivity contribution is -0.140. The summed E-state index contributed by atoms with van der Waals surface area (Å²) >= 11 is 0. The maximum Gasteiger partial charge on any atom is 0.305 e. The number of benzene rings is 2. The number of fused-ring (bicyclic) bond motifs is 1. The molecule has 0 spiro atoms. The summed E-state index contributed by atoms with van der Waals surface area (Å²) in [6.45, 7) is 0.377. The molecule has 0 saturated heterocycles. The zero-order valence-electron chi connectivity index (χ0n) is 18.6. The Kier molecular flexibility index (Phi) is 6.98. The molecular weight excluding hydrogens is 418 g/mol. The molecule has 7 heteroatoms. The second-order valence-corrected chi connectivity index (χ2v) is 8.12. The molecule has 3 aromatic rings. The summed E-state index contributed by atoms with van der Waals surface area (Å²) < 4.78 is 4.75. The molecule has 2 aromatic carbocycles. The number of carbonyl (C=O) groups excluding carboxylic acids is 2. The molecule has 1 unspecified atom stereocenters. The van der Waals surface area contributed by atoms with E-state index in [1.165, 1.54) is 7.11 Å². The number of H-pyrrole nitrogens is 1. The Morgan fingerprint density at radius 1 is 1.12 bits per heavy atom. The predicted octanol–water partition coefficient (Wildman–Crippen LogP) is 4.46. The Morgan fingerprint density at radius 3 is 2.61 bits per heavy atom. The number of nitrogens with zero attached hydrogens (tertiary/aromatic N) is 2. The molecule has 1 heterocycles. The lowest BCUT2D eigenvalue weighted by atomic mass is 9.80. The van der Waals surface area contributed by atoms with Crippen molar-refractivity contribution in [3.8, 4) is 0 Å². The molecule has 1 aliphatic carbocycles. The number of para-hydroxylation sites is 2. The van der Waals surface area contributed by atoms with Crippen LogP contribution in [0.5, 0.6) is 0 Å². The van der Waals surface area contributed by atoms with Gasteiger partial charge in [0.2, 0.25) is 0 Å². The second-order valence-electron chi connectivity index (χ2n) is 8.12. The highest BCUT2D eigenvalue weighted by molar-refractivity contribution is 6.23. The van der Waals surface area contributed by atoms with Gasteiger partial charge in [-0.25, -0.2) is 4.98 Å². The Morgan fingerprint density at radius 2 is 1.88 bits per heavy atom. The van der Waals surface area contributed by atoms with Gasteiger partial charge in [-0.15, -0.1) is 0 Å². The van der Waals surface area contributed by atoms with Crippen molar-refractivity contribution in [3.05, 3.63) is 77.3 Å². The third-order valence-electron chi connectivity index (χ3n) is 5.88. The van der Waals surface area contributed by atoms with Crippen LogP contribution in [0.15, 0.2) is 70.9 Å². The number of rotatable bonds is 8. The number of hydrogen-bond acceptors (Lipinski definition) is 6. The van der Waals surface area contributed by atoms with E-state index in [4.69, 9.17) is 4.74 Å². The fourth-order valence-electron chi connectivity index (χ4n) is 4.21. The molecule has 0 bridgehead atoms. The third-order valence-corrected chi connectivity index (χ3v) is 5.88. The molecule has 0 aliphatic heterocycles. The molecule has 1 aromatic heterocycles. The summed E-state index contributed by atoms with van der Waals surface area (Å²) in [7, 11) is 1.33. The van der Waals surface area contributed by atoms with Crippen molar-refractivity contribution >= 4 is 28.5 Å². The van der Waals surface area contributed by atoms with Crippen LogP contribution in [0.1, 0.15) is 43.0 Å². The number of aliphatic hydroxyl groups excluding tert-OH is 1. The molecule has 7 nitrogen and oxygen atoms in total. The van der Waals surface area contributed by atoms with Gasteiger partial charge in [0.25, 0.3) is 0 Å². The topological polar surface area (TPSA) is 105 Å². The van der Waals surface area contributed by atoms with E-state index in [0.717, 1.165) is 22.4 Å². The van der Waals surface area contributed by atoms with Crippen LogP contribution in [-0.2, 0) is 20.7 Å². The molecule has 170 valence electrons. The van der Waals surface area contributed by atoms with Crippen LogP contribution in [0.4, 0.5) is 0 Å². The number of carbonyl (C=O) groups is 2.